The van der Waals surface area contributed by atoms with E-state index in [-0.39, 0.29) is 30.6 Å². The molecule has 0 saturated carbocycles. The summed E-state index contributed by atoms with van der Waals surface area (Å²) in [5, 5.41) is 2.70. The van der Waals surface area contributed by atoms with E-state index in [1.807, 2.05) is 0 Å². The zero-order valence-electron chi connectivity index (χ0n) is 13.0. The largest absolute Gasteiger partial charge is 0.384 e. The van der Waals surface area contributed by atoms with Gasteiger partial charge in [0.05, 0.1) is 18.3 Å². The van der Waals surface area contributed by atoms with E-state index in [9.17, 15) is 17.6 Å². The van der Waals surface area contributed by atoms with Crippen molar-refractivity contribution in [1.29, 1.82) is 0 Å². The zero-order valence-corrected chi connectivity index (χ0v) is 13.8. The van der Waals surface area contributed by atoms with Crippen molar-refractivity contribution in [2.75, 3.05) is 37.9 Å². The van der Waals surface area contributed by atoms with E-state index < -0.39 is 15.9 Å². The molecule has 2 rings (SSSR count). The number of methoxy groups -OCH3 is 1. The molecule has 1 saturated heterocycles. The van der Waals surface area contributed by atoms with Gasteiger partial charge >= 0.3 is 0 Å². The van der Waals surface area contributed by atoms with Gasteiger partial charge in [-0.05, 0) is 37.1 Å². The SMILES string of the molecule is COCCS(=O)(=O)N1CCCC(C(=O)Nc2ccc(F)cc2)C1. The number of amides is 1. The molecular formula is C15H21FN2O4S. The molecule has 0 radical (unpaired) electrons. The van der Waals surface area contributed by atoms with Gasteiger partial charge in [-0.15, -0.1) is 0 Å². The van der Waals surface area contributed by atoms with E-state index >= 15 is 0 Å². The smallest absolute Gasteiger partial charge is 0.228 e. The Balaban J connectivity index is 1.97. The molecule has 1 aromatic rings. The minimum Gasteiger partial charge on any atom is -0.384 e. The number of sulfonamides is 1. The summed E-state index contributed by atoms with van der Waals surface area (Å²) in [7, 11) is -1.96. The van der Waals surface area contributed by atoms with Gasteiger partial charge in [0.25, 0.3) is 0 Å². The third kappa shape index (κ3) is 4.98. The first kappa shape index (κ1) is 17.8. The van der Waals surface area contributed by atoms with Crippen molar-refractivity contribution in [3.05, 3.63) is 30.1 Å². The Morgan fingerprint density at radius 2 is 2.09 bits per heavy atom. The van der Waals surface area contributed by atoms with Crippen LogP contribution in [0.2, 0.25) is 0 Å². The van der Waals surface area contributed by atoms with Crippen LogP contribution in [0.3, 0.4) is 0 Å². The van der Waals surface area contributed by atoms with E-state index in [1.54, 1.807) is 0 Å². The summed E-state index contributed by atoms with van der Waals surface area (Å²) in [6.07, 6.45) is 1.26. The van der Waals surface area contributed by atoms with Crippen molar-refractivity contribution < 1.29 is 22.3 Å². The summed E-state index contributed by atoms with van der Waals surface area (Å²) >= 11 is 0. The van der Waals surface area contributed by atoms with Crippen LogP contribution in [0.5, 0.6) is 0 Å². The minimum atomic E-state index is -3.41. The second kappa shape index (κ2) is 7.85. The van der Waals surface area contributed by atoms with Crippen molar-refractivity contribution >= 4 is 21.6 Å². The quantitative estimate of drug-likeness (QED) is 0.847. The number of piperidine rings is 1. The maximum Gasteiger partial charge on any atom is 0.228 e. The predicted octanol–water partition coefficient (Wildman–Crippen LogP) is 1.45. The maximum atomic E-state index is 12.9. The van der Waals surface area contributed by atoms with Gasteiger partial charge in [0.1, 0.15) is 5.82 Å². The molecule has 1 amide bonds. The molecule has 128 valence electrons. The highest BCUT2D eigenvalue weighted by Crippen LogP contribution is 2.21. The molecular weight excluding hydrogens is 323 g/mol. The van der Waals surface area contributed by atoms with Crippen LogP contribution in [-0.2, 0) is 19.6 Å². The number of benzene rings is 1. The molecule has 0 spiro atoms. The molecule has 1 atom stereocenters. The molecule has 0 aliphatic carbocycles. The summed E-state index contributed by atoms with van der Waals surface area (Å²) in [5.41, 5.74) is 0.496. The number of nitrogens with one attached hydrogen (secondary N) is 1. The fourth-order valence-electron chi connectivity index (χ4n) is 2.50. The first-order chi connectivity index (χ1) is 10.9. The van der Waals surface area contributed by atoms with Gasteiger partial charge in [0.2, 0.25) is 15.9 Å². The topological polar surface area (TPSA) is 75.7 Å². The summed E-state index contributed by atoms with van der Waals surface area (Å²) in [6, 6.07) is 5.47. The lowest BCUT2D eigenvalue weighted by Gasteiger charge is -2.31. The Kier molecular flexibility index (Phi) is 6.09. The minimum absolute atomic E-state index is 0.0875. The normalized spacial score (nSPS) is 19.5. The Labute approximate surface area is 135 Å². The molecule has 1 N–H and O–H groups in total. The molecule has 23 heavy (non-hydrogen) atoms. The number of rotatable bonds is 6. The highest BCUT2D eigenvalue weighted by atomic mass is 32.2. The predicted molar refractivity (Wildman–Crippen MR) is 85.0 cm³/mol. The first-order valence-corrected chi connectivity index (χ1v) is 9.06. The van der Waals surface area contributed by atoms with E-state index in [0.717, 1.165) is 0 Å². The molecule has 1 heterocycles. The fraction of sp³-hybridized carbons (Fsp3) is 0.533. The van der Waals surface area contributed by atoms with Gasteiger partial charge in [-0.3, -0.25) is 4.79 Å². The maximum absolute atomic E-state index is 12.9. The summed E-state index contributed by atoms with van der Waals surface area (Å²) < 4.78 is 43.4. The third-order valence-corrected chi connectivity index (χ3v) is 5.61. The van der Waals surface area contributed by atoms with Crippen molar-refractivity contribution in [3.63, 3.8) is 0 Å². The Morgan fingerprint density at radius 3 is 2.74 bits per heavy atom. The van der Waals surface area contributed by atoms with Gasteiger partial charge in [0, 0.05) is 25.9 Å². The zero-order chi connectivity index (χ0) is 16.9. The lowest BCUT2D eigenvalue weighted by Crippen LogP contribution is -2.45. The Hall–Kier alpha value is -1.51. The van der Waals surface area contributed by atoms with E-state index in [0.29, 0.717) is 25.1 Å². The van der Waals surface area contributed by atoms with Crippen LogP contribution in [0.4, 0.5) is 10.1 Å². The van der Waals surface area contributed by atoms with Crippen LogP contribution in [-0.4, -0.2) is 51.2 Å². The molecule has 0 aromatic heterocycles. The molecule has 1 aliphatic rings. The monoisotopic (exact) mass is 344 g/mol. The highest BCUT2D eigenvalue weighted by molar-refractivity contribution is 7.89. The summed E-state index contributed by atoms with van der Waals surface area (Å²) in [6.45, 7) is 0.719. The molecule has 6 nitrogen and oxygen atoms in total. The Bertz CT molecular complexity index is 633. The number of hydrogen-bond donors (Lipinski definition) is 1. The average Bonchev–Trinajstić information content (AvgIpc) is 2.55. The van der Waals surface area contributed by atoms with Crippen LogP contribution in [0.25, 0.3) is 0 Å². The van der Waals surface area contributed by atoms with Gasteiger partial charge in [-0.1, -0.05) is 0 Å². The average molecular weight is 344 g/mol. The number of nitrogens with zero attached hydrogens (tertiary/aromatic N) is 1. The van der Waals surface area contributed by atoms with E-state index in [4.69, 9.17) is 4.74 Å². The third-order valence-electron chi connectivity index (χ3n) is 3.81. The molecule has 1 unspecified atom stereocenters. The lowest BCUT2D eigenvalue weighted by atomic mass is 9.99. The van der Waals surface area contributed by atoms with Gasteiger partial charge in [-0.2, -0.15) is 0 Å². The van der Waals surface area contributed by atoms with E-state index in [2.05, 4.69) is 5.32 Å². The molecule has 1 aromatic carbocycles. The number of hydrogen-bond acceptors (Lipinski definition) is 4. The first-order valence-electron chi connectivity index (χ1n) is 7.45. The van der Waals surface area contributed by atoms with Crippen LogP contribution in [0.15, 0.2) is 24.3 Å². The number of carbonyl (C=O) groups is 1. The number of halogens is 1. The lowest BCUT2D eigenvalue weighted by molar-refractivity contribution is -0.120. The standard InChI is InChI=1S/C15H21FN2O4S/c1-22-9-10-23(20,21)18-8-2-3-12(11-18)15(19)17-14-6-4-13(16)5-7-14/h4-7,12H,2-3,8-11H2,1H3,(H,17,19). The van der Waals surface area contributed by atoms with Crippen molar-refractivity contribution in [2.45, 2.75) is 12.8 Å². The van der Waals surface area contributed by atoms with Crippen molar-refractivity contribution in [2.24, 2.45) is 5.92 Å². The second-order valence-electron chi connectivity index (χ2n) is 5.50. The molecule has 1 fully saturated rings. The number of carbonyl (C=O) groups excluding carboxylic acids is 1. The van der Waals surface area contributed by atoms with Crippen molar-refractivity contribution in [1.82, 2.24) is 4.31 Å². The van der Waals surface area contributed by atoms with Gasteiger partial charge in [0.15, 0.2) is 0 Å². The van der Waals surface area contributed by atoms with Crippen molar-refractivity contribution in [3.8, 4) is 0 Å². The van der Waals surface area contributed by atoms with Crippen LogP contribution in [0, 0.1) is 11.7 Å². The van der Waals surface area contributed by atoms with Crippen LogP contribution < -0.4 is 5.32 Å². The molecule has 1 aliphatic heterocycles. The summed E-state index contributed by atoms with van der Waals surface area (Å²) in [4.78, 5) is 12.3. The van der Waals surface area contributed by atoms with Crippen LogP contribution >= 0.6 is 0 Å². The second-order valence-corrected chi connectivity index (χ2v) is 7.59. The van der Waals surface area contributed by atoms with Crippen LogP contribution in [0.1, 0.15) is 12.8 Å². The van der Waals surface area contributed by atoms with E-state index in [1.165, 1.54) is 35.7 Å². The number of anilines is 1. The molecule has 0 bridgehead atoms. The summed E-state index contributed by atoms with van der Waals surface area (Å²) in [5.74, 6) is -1.12. The number of ether oxygens (including phenoxy) is 1. The fourth-order valence-corrected chi connectivity index (χ4v) is 3.95. The highest BCUT2D eigenvalue weighted by Gasteiger charge is 2.32. The van der Waals surface area contributed by atoms with Gasteiger partial charge < -0.3 is 10.1 Å². The molecule has 8 heteroatoms. The van der Waals surface area contributed by atoms with Gasteiger partial charge in [-0.25, -0.2) is 17.1 Å². The Morgan fingerprint density at radius 1 is 1.39 bits per heavy atom.